The summed E-state index contributed by atoms with van der Waals surface area (Å²) in [7, 11) is 0. The van der Waals surface area contributed by atoms with E-state index in [1.807, 2.05) is 0 Å². The Morgan fingerprint density at radius 3 is 2.29 bits per heavy atom. The van der Waals surface area contributed by atoms with Crippen molar-refractivity contribution in [2.45, 2.75) is 35.8 Å². The molecule has 0 aliphatic carbocycles. The number of hydrogen-bond acceptors (Lipinski definition) is 0. The van der Waals surface area contributed by atoms with Gasteiger partial charge in [-0.15, -0.1) is 0 Å². The van der Waals surface area contributed by atoms with Crippen LogP contribution in [0.3, 0.4) is 0 Å². The number of hydrogen-bond donors (Lipinski definition) is 0. The van der Waals surface area contributed by atoms with Crippen molar-refractivity contribution < 1.29 is 31.0 Å². The zero-order chi connectivity index (χ0) is 5.54. The summed E-state index contributed by atoms with van der Waals surface area (Å²) in [6.07, 6.45) is 5.77. The van der Waals surface area contributed by atoms with E-state index >= 15 is 0 Å². The van der Waals surface area contributed by atoms with Crippen LogP contribution < -0.4 is 0 Å². The summed E-state index contributed by atoms with van der Waals surface area (Å²) in [4.78, 5) is 0. The quantitative estimate of drug-likeness (QED) is 0.574. The topological polar surface area (TPSA) is 0 Å². The second-order valence-electron chi connectivity index (χ2n) is 1.85. The fourth-order valence-electron chi connectivity index (χ4n) is 0.571. The fourth-order valence-corrected chi connectivity index (χ4v) is 1.28. The second-order valence-corrected chi connectivity index (χ2v) is 3.27. The van der Waals surface area contributed by atoms with E-state index in [2.05, 4.69) is 6.92 Å². The SMILES string of the molecule is CCCCC[CH2][Y]. The van der Waals surface area contributed by atoms with Crippen molar-refractivity contribution in [2.24, 2.45) is 0 Å². The monoisotopic (exact) mass is 174 g/mol. The summed E-state index contributed by atoms with van der Waals surface area (Å²) in [5, 5.41) is 0. The first-order valence-electron chi connectivity index (χ1n) is 3.12. The second kappa shape index (κ2) is 7.10. The van der Waals surface area contributed by atoms with Crippen LogP contribution in [0.1, 0.15) is 32.6 Å². The molecular formula is C6H13Y. The minimum absolute atomic E-state index is 1.38. The summed E-state index contributed by atoms with van der Waals surface area (Å²) >= 11 is 1.46. The Kier molecular flexibility index (Phi) is 8.22. The molecule has 0 atom stereocenters. The third-order valence-corrected chi connectivity index (χ3v) is 2.06. The van der Waals surface area contributed by atoms with Gasteiger partial charge in [-0.05, 0) is 0 Å². The molecule has 0 N–H and O–H groups in total. The van der Waals surface area contributed by atoms with Crippen molar-refractivity contribution in [3.63, 3.8) is 0 Å². The molecule has 0 saturated heterocycles. The van der Waals surface area contributed by atoms with Gasteiger partial charge in [0.15, 0.2) is 0 Å². The minimum atomic E-state index is 1.38. The predicted octanol–water partition coefficient (Wildman–Crippen LogP) is 2.53. The molecule has 0 aliphatic heterocycles. The molecule has 0 aromatic carbocycles. The molecule has 0 nitrogen and oxygen atoms in total. The third kappa shape index (κ3) is 7.10. The fraction of sp³-hybridized carbons (Fsp3) is 1.00. The molecule has 0 fully saturated rings. The molecule has 0 rings (SSSR count). The Morgan fingerprint density at radius 1 is 1.14 bits per heavy atom. The van der Waals surface area contributed by atoms with Crippen LogP contribution >= 0.6 is 0 Å². The number of unbranched alkanes of at least 4 members (excludes halogenated alkanes) is 3. The van der Waals surface area contributed by atoms with Gasteiger partial charge in [-0.3, -0.25) is 0 Å². The van der Waals surface area contributed by atoms with Gasteiger partial charge in [0.1, 0.15) is 0 Å². The maximum atomic E-state index is 2.26. The van der Waals surface area contributed by atoms with Crippen molar-refractivity contribution in [3.05, 3.63) is 0 Å². The van der Waals surface area contributed by atoms with Gasteiger partial charge >= 0.3 is 66.8 Å². The Morgan fingerprint density at radius 2 is 1.86 bits per heavy atom. The van der Waals surface area contributed by atoms with E-state index < -0.39 is 0 Å². The van der Waals surface area contributed by atoms with E-state index in [9.17, 15) is 0 Å². The first-order chi connectivity index (χ1) is 3.41. The van der Waals surface area contributed by atoms with E-state index in [1.54, 1.807) is 0 Å². The molecule has 0 heterocycles. The zero-order valence-electron chi connectivity index (χ0n) is 5.11. The van der Waals surface area contributed by atoms with E-state index in [0.29, 0.717) is 0 Å². The van der Waals surface area contributed by atoms with E-state index in [0.717, 1.165) is 0 Å². The van der Waals surface area contributed by atoms with Crippen LogP contribution in [-0.4, -0.2) is 0 Å². The van der Waals surface area contributed by atoms with Gasteiger partial charge in [0.05, 0.1) is 0 Å². The van der Waals surface area contributed by atoms with Crippen LogP contribution in [0.15, 0.2) is 0 Å². The Balaban J connectivity index is 2.45. The van der Waals surface area contributed by atoms with Crippen molar-refractivity contribution in [1.29, 1.82) is 0 Å². The van der Waals surface area contributed by atoms with Crippen LogP contribution in [0.2, 0.25) is 3.23 Å². The van der Waals surface area contributed by atoms with E-state index in [1.165, 1.54) is 59.9 Å². The first-order valence-corrected chi connectivity index (χ1v) is 5.12. The molecule has 0 saturated carbocycles. The molecule has 0 aromatic heterocycles. The third-order valence-electron chi connectivity index (χ3n) is 1.06. The molecule has 7 heavy (non-hydrogen) atoms. The summed E-state index contributed by atoms with van der Waals surface area (Å²) in [5.41, 5.74) is 0. The Bertz CT molecular complexity index is 23.4. The molecule has 0 unspecified atom stereocenters. The molecule has 0 aliphatic rings. The van der Waals surface area contributed by atoms with Gasteiger partial charge in [0.25, 0.3) is 0 Å². The van der Waals surface area contributed by atoms with Crippen LogP contribution in [-0.2, 0) is 31.0 Å². The first kappa shape index (κ1) is 8.10. The number of rotatable bonds is 4. The molecule has 0 aromatic rings. The van der Waals surface area contributed by atoms with Gasteiger partial charge < -0.3 is 0 Å². The van der Waals surface area contributed by atoms with Crippen LogP contribution in [0.25, 0.3) is 0 Å². The summed E-state index contributed by atoms with van der Waals surface area (Å²) in [6.45, 7) is 2.26. The standard InChI is InChI=1S/C6H13.Y/c1-3-5-6-4-2;/h1,3-6H2,2H3;. The van der Waals surface area contributed by atoms with Gasteiger partial charge in [0, 0.05) is 0 Å². The van der Waals surface area contributed by atoms with Crippen LogP contribution in [0.5, 0.6) is 0 Å². The van der Waals surface area contributed by atoms with Crippen molar-refractivity contribution in [1.82, 2.24) is 0 Å². The van der Waals surface area contributed by atoms with Crippen molar-refractivity contribution >= 4 is 0 Å². The van der Waals surface area contributed by atoms with Crippen LogP contribution in [0, 0.1) is 0 Å². The zero-order valence-corrected chi connectivity index (χ0v) is 7.95. The van der Waals surface area contributed by atoms with Gasteiger partial charge in [-0.1, -0.05) is 0 Å². The molecule has 0 amide bonds. The average Bonchev–Trinajstić information content (AvgIpc) is 1.69. The molecule has 40 valence electrons. The normalized spacial score (nSPS) is 9.14. The maximum absolute atomic E-state index is 2.26. The summed E-state index contributed by atoms with van der Waals surface area (Å²) < 4.78 is 1.49. The Hall–Kier alpha value is 1.10. The van der Waals surface area contributed by atoms with Gasteiger partial charge in [-0.2, -0.15) is 0 Å². The van der Waals surface area contributed by atoms with Crippen LogP contribution in [0.4, 0.5) is 0 Å². The van der Waals surface area contributed by atoms with E-state index in [-0.39, 0.29) is 0 Å². The van der Waals surface area contributed by atoms with Crippen molar-refractivity contribution in [2.75, 3.05) is 0 Å². The average molecular weight is 174 g/mol. The van der Waals surface area contributed by atoms with Gasteiger partial charge in [-0.25, -0.2) is 0 Å². The molecular weight excluding hydrogens is 161 g/mol. The van der Waals surface area contributed by atoms with E-state index in [4.69, 9.17) is 0 Å². The molecule has 1 heteroatoms. The predicted molar refractivity (Wildman–Crippen MR) is 28.9 cm³/mol. The molecule has 0 spiro atoms. The summed E-state index contributed by atoms with van der Waals surface area (Å²) in [5.74, 6) is 0. The van der Waals surface area contributed by atoms with Crippen molar-refractivity contribution in [3.8, 4) is 0 Å². The van der Waals surface area contributed by atoms with Gasteiger partial charge in [0.2, 0.25) is 0 Å². The molecule has 0 bridgehead atoms. The Labute approximate surface area is 66.5 Å². The molecule has 0 radical (unpaired) electrons. The summed E-state index contributed by atoms with van der Waals surface area (Å²) in [6, 6.07) is 0.